The van der Waals surface area contributed by atoms with Crippen LogP contribution in [0, 0.1) is 0 Å². The van der Waals surface area contributed by atoms with Crippen LogP contribution in [-0.4, -0.2) is 22.3 Å². The summed E-state index contributed by atoms with van der Waals surface area (Å²) >= 11 is 0. The van der Waals surface area contributed by atoms with Crippen LogP contribution < -0.4 is 5.32 Å². The molecular weight excluding hydrogens is 218 g/mol. The highest BCUT2D eigenvalue weighted by Crippen LogP contribution is 2.15. The zero-order chi connectivity index (χ0) is 12.3. The first kappa shape index (κ1) is 11.6. The lowest BCUT2D eigenvalue weighted by atomic mass is 10.1. The lowest BCUT2D eigenvalue weighted by molar-refractivity contribution is 0.374. The topological polar surface area (TPSA) is 71.2 Å². The Bertz CT molecular complexity index is 496. The van der Waals surface area contributed by atoms with E-state index in [9.17, 15) is 5.11 Å². The smallest absolute Gasteiger partial charge is 0.231 e. The van der Waals surface area contributed by atoms with Crippen molar-refractivity contribution in [1.82, 2.24) is 15.5 Å². The lowest BCUT2D eigenvalue weighted by Crippen LogP contribution is -2.13. The van der Waals surface area contributed by atoms with E-state index in [1.165, 1.54) is 0 Å². The average molecular weight is 233 g/mol. The van der Waals surface area contributed by atoms with Crippen molar-refractivity contribution in [1.29, 1.82) is 0 Å². The van der Waals surface area contributed by atoms with Crippen LogP contribution in [0.15, 0.2) is 28.8 Å². The van der Waals surface area contributed by atoms with E-state index in [1.807, 2.05) is 20.0 Å². The monoisotopic (exact) mass is 233 g/mol. The van der Waals surface area contributed by atoms with Crippen molar-refractivity contribution in [3.8, 4) is 5.75 Å². The molecule has 0 fully saturated rings. The van der Waals surface area contributed by atoms with E-state index in [2.05, 4.69) is 15.5 Å². The molecule has 17 heavy (non-hydrogen) atoms. The Morgan fingerprint density at radius 1 is 1.47 bits per heavy atom. The third kappa shape index (κ3) is 2.82. The van der Waals surface area contributed by atoms with Crippen molar-refractivity contribution in [2.24, 2.45) is 0 Å². The summed E-state index contributed by atoms with van der Waals surface area (Å²) in [6, 6.07) is 7.08. The van der Waals surface area contributed by atoms with Crippen molar-refractivity contribution < 1.29 is 9.63 Å². The highest BCUT2D eigenvalue weighted by Gasteiger charge is 2.12. The molecule has 1 aromatic heterocycles. The van der Waals surface area contributed by atoms with E-state index in [0.29, 0.717) is 18.1 Å². The van der Waals surface area contributed by atoms with Crippen LogP contribution in [-0.2, 0) is 6.42 Å². The van der Waals surface area contributed by atoms with Gasteiger partial charge in [-0.15, -0.1) is 0 Å². The highest BCUT2D eigenvalue weighted by atomic mass is 16.5. The standard InChI is InChI=1S/C12H15N3O2/c1-8(13-2)12-14-11(17-15-12)7-9-4-3-5-10(16)6-9/h3-6,8,13,16H,7H2,1-2H3. The summed E-state index contributed by atoms with van der Waals surface area (Å²) in [7, 11) is 1.84. The van der Waals surface area contributed by atoms with Gasteiger partial charge in [-0.1, -0.05) is 17.3 Å². The van der Waals surface area contributed by atoms with Gasteiger partial charge in [0.05, 0.1) is 12.5 Å². The molecule has 0 bridgehead atoms. The number of nitrogens with zero attached hydrogens (tertiary/aromatic N) is 2. The molecule has 5 nitrogen and oxygen atoms in total. The lowest BCUT2D eigenvalue weighted by Gasteiger charge is -2.01. The average Bonchev–Trinajstić information content (AvgIpc) is 2.76. The third-order valence-corrected chi connectivity index (χ3v) is 2.57. The molecule has 2 rings (SSSR count). The van der Waals surface area contributed by atoms with Crippen molar-refractivity contribution in [2.45, 2.75) is 19.4 Å². The fourth-order valence-corrected chi connectivity index (χ4v) is 1.49. The summed E-state index contributed by atoms with van der Waals surface area (Å²) in [5.74, 6) is 1.43. The summed E-state index contributed by atoms with van der Waals surface area (Å²) in [4.78, 5) is 4.28. The third-order valence-electron chi connectivity index (χ3n) is 2.57. The number of hydrogen-bond donors (Lipinski definition) is 2. The Hall–Kier alpha value is -1.88. The molecule has 0 saturated heterocycles. The Morgan fingerprint density at radius 2 is 2.29 bits per heavy atom. The molecule has 2 aromatic rings. The molecule has 0 saturated carbocycles. The minimum atomic E-state index is 0.0664. The second-order valence-electron chi connectivity index (χ2n) is 3.90. The number of aromatic nitrogens is 2. The fourth-order valence-electron chi connectivity index (χ4n) is 1.49. The second kappa shape index (κ2) is 4.97. The van der Waals surface area contributed by atoms with Gasteiger partial charge in [-0.2, -0.15) is 4.98 Å². The van der Waals surface area contributed by atoms with Crippen molar-refractivity contribution >= 4 is 0 Å². The van der Waals surface area contributed by atoms with Gasteiger partial charge in [0, 0.05) is 0 Å². The van der Waals surface area contributed by atoms with Gasteiger partial charge in [-0.3, -0.25) is 0 Å². The van der Waals surface area contributed by atoms with E-state index < -0.39 is 0 Å². The van der Waals surface area contributed by atoms with E-state index in [0.717, 1.165) is 5.56 Å². The van der Waals surface area contributed by atoms with Gasteiger partial charge in [0.1, 0.15) is 5.75 Å². The van der Waals surface area contributed by atoms with Gasteiger partial charge in [-0.05, 0) is 31.7 Å². The van der Waals surface area contributed by atoms with Gasteiger partial charge < -0.3 is 14.9 Å². The van der Waals surface area contributed by atoms with Crippen LogP contribution in [0.4, 0.5) is 0 Å². The molecule has 1 atom stereocenters. The molecule has 1 aromatic carbocycles. The number of rotatable bonds is 4. The summed E-state index contributed by atoms with van der Waals surface area (Å²) in [6.07, 6.45) is 0.526. The first-order chi connectivity index (χ1) is 8.19. The fraction of sp³-hybridized carbons (Fsp3) is 0.333. The summed E-state index contributed by atoms with van der Waals surface area (Å²) in [5.41, 5.74) is 0.942. The predicted molar refractivity (Wildman–Crippen MR) is 62.7 cm³/mol. The molecular formula is C12H15N3O2. The van der Waals surface area contributed by atoms with Crippen LogP contribution in [0.3, 0.4) is 0 Å². The minimum Gasteiger partial charge on any atom is -0.508 e. The molecule has 0 amide bonds. The maximum Gasteiger partial charge on any atom is 0.231 e. The first-order valence-corrected chi connectivity index (χ1v) is 5.46. The van der Waals surface area contributed by atoms with E-state index in [-0.39, 0.29) is 11.8 Å². The van der Waals surface area contributed by atoms with E-state index in [1.54, 1.807) is 18.2 Å². The van der Waals surface area contributed by atoms with Crippen molar-refractivity contribution in [2.75, 3.05) is 7.05 Å². The largest absolute Gasteiger partial charge is 0.508 e. The molecule has 0 aliphatic carbocycles. The Labute approximate surface area is 99.5 Å². The maximum atomic E-state index is 9.35. The number of phenolic OH excluding ortho intramolecular Hbond substituents is 1. The molecule has 5 heteroatoms. The number of benzene rings is 1. The van der Waals surface area contributed by atoms with Crippen molar-refractivity contribution in [3.63, 3.8) is 0 Å². The molecule has 0 spiro atoms. The Kier molecular flexibility index (Phi) is 3.39. The molecule has 90 valence electrons. The summed E-state index contributed by atoms with van der Waals surface area (Å²) in [6.45, 7) is 1.96. The Morgan fingerprint density at radius 3 is 3.00 bits per heavy atom. The summed E-state index contributed by atoms with van der Waals surface area (Å²) in [5, 5.41) is 16.3. The molecule has 2 N–H and O–H groups in total. The molecule has 1 heterocycles. The number of hydrogen-bond acceptors (Lipinski definition) is 5. The van der Waals surface area contributed by atoms with Crippen LogP contribution in [0.5, 0.6) is 5.75 Å². The van der Waals surface area contributed by atoms with Crippen molar-refractivity contribution in [3.05, 3.63) is 41.5 Å². The first-order valence-electron chi connectivity index (χ1n) is 5.46. The zero-order valence-corrected chi connectivity index (χ0v) is 9.84. The van der Waals surface area contributed by atoms with Gasteiger partial charge in [0.15, 0.2) is 5.82 Å². The predicted octanol–water partition coefficient (Wildman–Crippen LogP) is 1.65. The number of phenols is 1. The quantitative estimate of drug-likeness (QED) is 0.840. The highest BCUT2D eigenvalue weighted by molar-refractivity contribution is 5.28. The van der Waals surface area contributed by atoms with Crippen LogP contribution in [0.25, 0.3) is 0 Å². The molecule has 0 aliphatic rings. The van der Waals surface area contributed by atoms with Gasteiger partial charge in [-0.25, -0.2) is 0 Å². The zero-order valence-electron chi connectivity index (χ0n) is 9.84. The normalized spacial score (nSPS) is 12.6. The van der Waals surface area contributed by atoms with Gasteiger partial charge in [0.25, 0.3) is 0 Å². The number of nitrogens with one attached hydrogen (secondary N) is 1. The molecule has 0 radical (unpaired) electrons. The molecule has 0 aliphatic heterocycles. The van der Waals surface area contributed by atoms with E-state index >= 15 is 0 Å². The number of aromatic hydroxyl groups is 1. The van der Waals surface area contributed by atoms with Gasteiger partial charge in [0.2, 0.25) is 5.89 Å². The van der Waals surface area contributed by atoms with Crippen LogP contribution in [0.1, 0.15) is 30.2 Å². The van der Waals surface area contributed by atoms with Crippen LogP contribution in [0.2, 0.25) is 0 Å². The summed E-state index contributed by atoms with van der Waals surface area (Å²) < 4.78 is 5.15. The SMILES string of the molecule is CNC(C)c1noc(Cc2cccc(O)c2)n1. The second-order valence-corrected chi connectivity index (χ2v) is 3.90. The van der Waals surface area contributed by atoms with Gasteiger partial charge >= 0.3 is 0 Å². The van der Waals surface area contributed by atoms with Crippen LogP contribution >= 0.6 is 0 Å². The maximum absolute atomic E-state index is 9.35. The molecule has 1 unspecified atom stereocenters. The minimum absolute atomic E-state index is 0.0664. The van der Waals surface area contributed by atoms with E-state index in [4.69, 9.17) is 4.52 Å². The Balaban J connectivity index is 2.11.